The highest BCUT2D eigenvalue weighted by Gasteiger charge is 2.12. The summed E-state index contributed by atoms with van der Waals surface area (Å²) in [7, 11) is 0. The van der Waals surface area contributed by atoms with Gasteiger partial charge in [-0.3, -0.25) is 9.69 Å². The van der Waals surface area contributed by atoms with Gasteiger partial charge in [-0.05, 0) is 18.2 Å². The van der Waals surface area contributed by atoms with Gasteiger partial charge in [0, 0.05) is 24.7 Å². The fraction of sp³-hybridized carbons (Fsp3) is 0.333. The van der Waals surface area contributed by atoms with Crippen molar-refractivity contribution in [3.05, 3.63) is 50.7 Å². The fourth-order valence-corrected chi connectivity index (χ4v) is 2.59. The topological polar surface area (TPSA) is 47.4 Å². The predicted molar refractivity (Wildman–Crippen MR) is 86.3 cm³/mol. The Morgan fingerprint density at radius 2 is 1.86 bits per heavy atom. The van der Waals surface area contributed by atoms with Crippen molar-refractivity contribution in [1.82, 2.24) is 14.7 Å². The number of hydrogen-bond donors (Lipinski definition) is 0. The van der Waals surface area contributed by atoms with E-state index in [9.17, 15) is 4.79 Å². The first-order valence-corrected chi connectivity index (χ1v) is 7.73. The van der Waals surface area contributed by atoms with E-state index in [1.807, 2.05) is 6.07 Å². The average molecular weight is 340 g/mol. The molecule has 0 saturated carbocycles. The van der Waals surface area contributed by atoms with Crippen LogP contribution in [0.1, 0.15) is 0 Å². The zero-order chi connectivity index (χ0) is 15.5. The molecule has 1 saturated heterocycles. The third-order valence-electron chi connectivity index (χ3n) is 3.52. The molecule has 0 aliphatic carbocycles. The molecule has 116 valence electrons. The Morgan fingerprint density at radius 3 is 2.59 bits per heavy atom. The van der Waals surface area contributed by atoms with Gasteiger partial charge < -0.3 is 4.74 Å². The van der Waals surface area contributed by atoms with Gasteiger partial charge in [-0.1, -0.05) is 29.3 Å². The Kier molecular flexibility index (Phi) is 4.78. The Morgan fingerprint density at radius 1 is 1.09 bits per heavy atom. The number of benzene rings is 1. The molecule has 22 heavy (non-hydrogen) atoms. The molecule has 1 aliphatic heterocycles. The van der Waals surface area contributed by atoms with Gasteiger partial charge in [-0.15, -0.1) is 0 Å². The zero-order valence-corrected chi connectivity index (χ0v) is 13.3. The van der Waals surface area contributed by atoms with Crippen LogP contribution in [0.25, 0.3) is 11.3 Å². The summed E-state index contributed by atoms with van der Waals surface area (Å²) in [6.45, 7) is 3.41. The van der Waals surface area contributed by atoms with Gasteiger partial charge in [-0.25, -0.2) is 4.68 Å². The maximum Gasteiger partial charge on any atom is 0.268 e. The summed E-state index contributed by atoms with van der Waals surface area (Å²) in [5.74, 6) is 0. The van der Waals surface area contributed by atoms with E-state index in [2.05, 4.69) is 10.00 Å². The number of morpholine rings is 1. The molecule has 0 N–H and O–H groups in total. The van der Waals surface area contributed by atoms with Crippen LogP contribution in [-0.2, 0) is 11.4 Å². The molecule has 0 bridgehead atoms. The molecule has 5 nitrogen and oxygen atoms in total. The Hall–Kier alpha value is -1.40. The second kappa shape index (κ2) is 6.79. The van der Waals surface area contributed by atoms with E-state index in [4.69, 9.17) is 27.9 Å². The van der Waals surface area contributed by atoms with Crippen molar-refractivity contribution in [3.63, 3.8) is 0 Å². The molecule has 2 heterocycles. The summed E-state index contributed by atoms with van der Waals surface area (Å²) < 4.78 is 6.77. The van der Waals surface area contributed by atoms with E-state index in [0.29, 0.717) is 35.6 Å². The van der Waals surface area contributed by atoms with E-state index in [0.717, 1.165) is 18.7 Å². The molecule has 1 aromatic heterocycles. The highest BCUT2D eigenvalue weighted by molar-refractivity contribution is 6.42. The minimum absolute atomic E-state index is 0.129. The molecular weight excluding hydrogens is 325 g/mol. The van der Waals surface area contributed by atoms with Crippen LogP contribution in [0.2, 0.25) is 10.0 Å². The van der Waals surface area contributed by atoms with Gasteiger partial charge in [0.15, 0.2) is 0 Å². The number of aromatic nitrogens is 2. The first-order valence-electron chi connectivity index (χ1n) is 6.97. The van der Waals surface area contributed by atoms with Crippen molar-refractivity contribution in [1.29, 1.82) is 0 Å². The van der Waals surface area contributed by atoms with E-state index >= 15 is 0 Å². The lowest BCUT2D eigenvalue weighted by Crippen LogP contribution is -2.40. The van der Waals surface area contributed by atoms with E-state index in [-0.39, 0.29) is 5.56 Å². The number of nitrogens with zero attached hydrogens (tertiary/aromatic N) is 3. The largest absolute Gasteiger partial charge is 0.379 e. The average Bonchev–Trinajstić information content (AvgIpc) is 2.53. The molecule has 7 heteroatoms. The highest BCUT2D eigenvalue weighted by atomic mass is 35.5. The normalized spacial score (nSPS) is 15.9. The molecule has 0 amide bonds. The fourth-order valence-electron chi connectivity index (χ4n) is 2.29. The SMILES string of the molecule is O=c1ccc(-c2ccc(Cl)c(Cl)c2)nn1CN1CCOCC1. The Balaban J connectivity index is 1.88. The van der Waals surface area contributed by atoms with Gasteiger partial charge in [0.1, 0.15) is 0 Å². The van der Waals surface area contributed by atoms with Crippen LogP contribution in [0.4, 0.5) is 0 Å². The lowest BCUT2D eigenvalue weighted by molar-refractivity contribution is 0.0205. The Bertz CT molecular complexity index is 727. The van der Waals surface area contributed by atoms with Crippen molar-refractivity contribution in [3.8, 4) is 11.3 Å². The monoisotopic (exact) mass is 339 g/mol. The van der Waals surface area contributed by atoms with Gasteiger partial charge in [-0.2, -0.15) is 5.10 Å². The minimum atomic E-state index is -0.129. The van der Waals surface area contributed by atoms with Gasteiger partial charge >= 0.3 is 0 Å². The van der Waals surface area contributed by atoms with Crippen LogP contribution >= 0.6 is 23.2 Å². The number of ether oxygens (including phenoxy) is 1. The lowest BCUT2D eigenvalue weighted by Gasteiger charge is -2.26. The highest BCUT2D eigenvalue weighted by Crippen LogP contribution is 2.27. The van der Waals surface area contributed by atoms with Crippen LogP contribution in [0.5, 0.6) is 0 Å². The minimum Gasteiger partial charge on any atom is -0.379 e. The molecule has 3 rings (SSSR count). The van der Waals surface area contributed by atoms with Crippen LogP contribution in [0, 0.1) is 0 Å². The molecule has 0 atom stereocenters. The number of halogens is 2. The summed E-state index contributed by atoms with van der Waals surface area (Å²) in [6, 6.07) is 8.51. The summed E-state index contributed by atoms with van der Waals surface area (Å²) in [5, 5.41) is 5.38. The summed E-state index contributed by atoms with van der Waals surface area (Å²) in [6.07, 6.45) is 0. The lowest BCUT2D eigenvalue weighted by atomic mass is 10.1. The van der Waals surface area contributed by atoms with Crippen LogP contribution in [0.3, 0.4) is 0 Å². The Labute approximate surface area is 138 Å². The van der Waals surface area contributed by atoms with Gasteiger partial charge in [0.2, 0.25) is 0 Å². The van der Waals surface area contributed by atoms with Crippen molar-refractivity contribution < 1.29 is 4.74 Å². The standard InChI is InChI=1S/C15H15Cl2N3O2/c16-12-2-1-11(9-13(12)17)14-3-4-15(21)20(18-14)10-19-5-7-22-8-6-19/h1-4,9H,5-8,10H2. The quantitative estimate of drug-likeness (QED) is 0.861. The molecule has 2 aromatic rings. The first kappa shape index (κ1) is 15.5. The first-order chi connectivity index (χ1) is 10.6. The maximum absolute atomic E-state index is 12.0. The predicted octanol–water partition coefficient (Wildman–Crippen LogP) is 2.51. The van der Waals surface area contributed by atoms with Crippen molar-refractivity contribution >= 4 is 23.2 Å². The summed E-state index contributed by atoms with van der Waals surface area (Å²) in [4.78, 5) is 14.1. The van der Waals surface area contributed by atoms with Crippen LogP contribution in [-0.4, -0.2) is 41.0 Å². The molecule has 0 spiro atoms. The molecule has 1 fully saturated rings. The summed E-state index contributed by atoms with van der Waals surface area (Å²) in [5.41, 5.74) is 1.38. The zero-order valence-electron chi connectivity index (χ0n) is 11.8. The van der Waals surface area contributed by atoms with Gasteiger partial charge in [0.25, 0.3) is 5.56 Å². The molecular formula is C15H15Cl2N3O2. The second-order valence-electron chi connectivity index (χ2n) is 5.06. The third-order valence-corrected chi connectivity index (χ3v) is 4.26. The van der Waals surface area contributed by atoms with Crippen molar-refractivity contribution in [2.45, 2.75) is 6.67 Å². The molecule has 1 aromatic carbocycles. The van der Waals surface area contributed by atoms with Crippen molar-refractivity contribution in [2.24, 2.45) is 0 Å². The molecule has 1 aliphatic rings. The van der Waals surface area contributed by atoms with E-state index in [1.165, 1.54) is 10.7 Å². The third kappa shape index (κ3) is 3.50. The maximum atomic E-state index is 12.0. The van der Waals surface area contributed by atoms with Crippen molar-refractivity contribution in [2.75, 3.05) is 26.3 Å². The van der Waals surface area contributed by atoms with Gasteiger partial charge in [0.05, 0.1) is 35.6 Å². The van der Waals surface area contributed by atoms with Crippen LogP contribution in [0.15, 0.2) is 35.1 Å². The second-order valence-corrected chi connectivity index (χ2v) is 5.87. The molecule has 0 unspecified atom stereocenters. The number of rotatable bonds is 3. The smallest absolute Gasteiger partial charge is 0.268 e. The summed E-state index contributed by atoms with van der Waals surface area (Å²) >= 11 is 12.0. The van der Waals surface area contributed by atoms with Crippen LogP contribution < -0.4 is 5.56 Å². The number of hydrogen-bond acceptors (Lipinski definition) is 4. The van der Waals surface area contributed by atoms with E-state index in [1.54, 1.807) is 18.2 Å². The molecule has 0 radical (unpaired) electrons. The van der Waals surface area contributed by atoms with E-state index < -0.39 is 0 Å².